The Hall–Kier alpha value is -2.05. The summed E-state index contributed by atoms with van der Waals surface area (Å²) in [5, 5.41) is 0. The fraction of sp³-hybridized carbons (Fsp3) is 0.529. The highest BCUT2D eigenvalue weighted by Crippen LogP contribution is 2.34. The molecule has 1 unspecified atom stereocenters. The second-order valence-electron chi connectivity index (χ2n) is 6.59. The Bertz CT molecular complexity index is 779. The second-order valence-corrected chi connectivity index (χ2v) is 6.59. The van der Waals surface area contributed by atoms with Crippen LogP contribution in [0.2, 0.25) is 0 Å². The van der Waals surface area contributed by atoms with Crippen LogP contribution in [0.5, 0.6) is 0 Å². The highest BCUT2D eigenvalue weighted by atomic mass is 19.4. The summed E-state index contributed by atoms with van der Waals surface area (Å²) in [5.74, 6) is -1.07. The Kier molecular flexibility index (Phi) is 4.05. The van der Waals surface area contributed by atoms with Crippen molar-refractivity contribution in [2.75, 3.05) is 6.54 Å². The lowest BCUT2D eigenvalue weighted by Crippen LogP contribution is -2.33. The number of hydrogen-bond donors (Lipinski definition) is 0. The maximum Gasteiger partial charge on any atom is 0.449 e. The summed E-state index contributed by atoms with van der Waals surface area (Å²) >= 11 is 0. The lowest BCUT2D eigenvalue weighted by molar-refractivity contribution is -0.147. The minimum Gasteiger partial charge on any atom is -0.336 e. The highest BCUT2D eigenvalue weighted by Gasteiger charge is 2.38. The Morgan fingerprint density at radius 2 is 2.04 bits per heavy atom. The summed E-state index contributed by atoms with van der Waals surface area (Å²) in [6.07, 6.45) is -2.62. The largest absolute Gasteiger partial charge is 0.449 e. The van der Waals surface area contributed by atoms with Crippen molar-refractivity contribution in [3.05, 3.63) is 29.6 Å². The van der Waals surface area contributed by atoms with Crippen LogP contribution >= 0.6 is 0 Å². The topological polar surface area (TPSA) is 38.1 Å². The van der Waals surface area contributed by atoms with E-state index >= 15 is 0 Å². The quantitative estimate of drug-likeness (QED) is 0.820. The number of imidazole rings is 1. The lowest BCUT2D eigenvalue weighted by Gasteiger charge is -2.21. The lowest BCUT2D eigenvalue weighted by atomic mass is 10.1. The molecular weight excluding hydrogens is 319 g/mol. The number of carbonyl (C=O) groups is 1. The molecule has 1 amide bonds. The molecule has 0 N–H and O–H groups in total. The molecule has 2 aromatic rings. The van der Waals surface area contributed by atoms with E-state index in [2.05, 4.69) is 4.98 Å². The summed E-state index contributed by atoms with van der Waals surface area (Å²) < 4.78 is 40.9. The smallest absolute Gasteiger partial charge is 0.336 e. The van der Waals surface area contributed by atoms with Crippen LogP contribution < -0.4 is 0 Å². The van der Waals surface area contributed by atoms with Crippen molar-refractivity contribution in [2.24, 2.45) is 0 Å². The van der Waals surface area contributed by atoms with Crippen LogP contribution in [0.25, 0.3) is 11.0 Å². The Labute approximate surface area is 138 Å². The molecule has 2 heterocycles. The van der Waals surface area contributed by atoms with E-state index in [1.54, 1.807) is 30.9 Å². The molecule has 0 aliphatic carbocycles. The molecule has 7 heteroatoms. The summed E-state index contributed by atoms with van der Waals surface area (Å²) in [6.45, 7) is 6.04. The van der Waals surface area contributed by atoms with E-state index in [4.69, 9.17) is 0 Å². The number of amides is 1. The van der Waals surface area contributed by atoms with E-state index in [0.29, 0.717) is 17.6 Å². The van der Waals surface area contributed by atoms with Crippen LogP contribution in [0.3, 0.4) is 0 Å². The summed E-state index contributed by atoms with van der Waals surface area (Å²) in [7, 11) is 0. The number of rotatable bonds is 2. The van der Waals surface area contributed by atoms with Crippen LogP contribution in [0.1, 0.15) is 55.8 Å². The van der Waals surface area contributed by atoms with E-state index in [0.717, 1.165) is 12.8 Å². The minimum absolute atomic E-state index is 0.144. The molecule has 4 nitrogen and oxygen atoms in total. The number of fused-ring (bicyclic) bond motifs is 1. The first kappa shape index (κ1) is 16.8. The van der Waals surface area contributed by atoms with Gasteiger partial charge in [-0.1, -0.05) is 0 Å². The Morgan fingerprint density at radius 3 is 2.58 bits per heavy atom. The fourth-order valence-corrected chi connectivity index (χ4v) is 3.36. The first-order chi connectivity index (χ1) is 11.2. The van der Waals surface area contributed by atoms with Crippen molar-refractivity contribution < 1.29 is 18.0 Å². The van der Waals surface area contributed by atoms with Gasteiger partial charge in [0, 0.05) is 24.2 Å². The molecule has 130 valence electrons. The SMILES string of the molecule is CC1CCCN1C(=O)c1ccc2c(c1)nc(C(F)(F)F)n2C(C)C. The van der Waals surface area contributed by atoms with Gasteiger partial charge in [0.2, 0.25) is 5.82 Å². The number of aromatic nitrogens is 2. The molecule has 24 heavy (non-hydrogen) atoms. The first-order valence-electron chi connectivity index (χ1n) is 8.10. The number of benzene rings is 1. The van der Waals surface area contributed by atoms with Gasteiger partial charge in [0.05, 0.1) is 11.0 Å². The molecule has 1 aliphatic heterocycles. The molecule has 1 fully saturated rings. The van der Waals surface area contributed by atoms with Gasteiger partial charge in [0.15, 0.2) is 0 Å². The van der Waals surface area contributed by atoms with E-state index < -0.39 is 12.0 Å². The number of likely N-dealkylation sites (tertiary alicyclic amines) is 1. The summed E-state index contributed by atoms with van der Waals surface area (Å²) in [5.41, 5.74) is 0.982. The second kappa shape index (κ2) is 5.79. The van der Waals surface area contributed by atoms with Gasteiger partial charge in [-0.25, -0.2) is 4.98 Å². The van der Waals surface area contributed by atoms with Gasteiger partial charge in [-0.05, 0) is 51.8 Å². The number of hydrogen-bond acceptors (Lipinski definition) is 2. The third-order valence-corrected chi connectivity index (χ3v) is 4.52. The molecule has 3 rings (SSSR count). The van der Waals surface area contributed by atoms with Gasteiger partial charge in [0.25, 0.3) is 5.91 Å². The third-order valence-electron chi connectivity index (χ3n) is 4.52. The Morgan fingerprint density at radius 1 is 1.33 bits per heavy atom. The molecule has 0 bridgehead atoms. The van der Waals surface area contributed by atoms with Crippen LogP contribution in [-0.4, -0.2) is 32.9 Å². The number of carbonyl (C=O) groups excluding carboxylic acids is 1. The Balaban J connectivity index is 2.07. The van der Waals surface area contributed by atoms with Crippen LogP contribution in [-0.2, 0) is 6.18 Å². The number of alkyl halides is 3. The normalized spacial score (nSPS) is 18.8. The van der Waals surface area contributed by atoms with Crippen LogP contribution in [0.4, 0.5) is 13.2 Å². The standard InChI is InChI=1S/C17H20F3N3O/c1-10(2)23-14-7-6-12(15(24)22-8-4-5-11(22)3)9-13(14)21-16(23)17(18,19)20/h6-7,9-11H,4-5,8H2,1-3H3. The number of nitrogens with zero attached hydrogens (tertiary/aromatic N) is 3. The van der Waals surface area contributed by atoms with Crippen molar-refractivity contribution in [3.63, 3.8) is 0 Å². The molecule has 1 atom stereocenters. The summed E-state index contributed by atoms with van der Waals surface area (Å²) in [4.78, 5) is 18.1. The molecule has 1 aromatic carbocycles. The zero-order valence-corrected chi connectivity index (χ0v) is 13.9. The van der Waals surface area contributed by atoms with Crippen molar-refractivity contribution in [2.45, 2.75) is 51.9 Å². The molecule has 0 saturated carbocycles. The average molecular weight is 339 g/mol. The molecule has 0 radical (unpaired) electrons. The molecule has 0 spiro atoms. The van der Waals surface area contributed by atoms with Crippen molar-refractivity contribution in [3.8, 4) is 0 Å². The van der Waals surface area contributed by atoms with Gasteiger partial charge in [-0.2, -0.15) is 13.2 Å². The minimum atomic E-state index is -4.53. The van der Waals surface area contributed by atoms with E-state index in [-0.39, 0.29) is 23.5 Å². The molecule has 1 aliphatic rings. The monoisotopic (exact) mass is 339 g/mol. The van der Waals surface area contributed by atoms with Crippen molar-refractivity contribution >= 4 is 16.9 Å². The first-order valence-corrected chi connectivity index (χ1v) is 8.10. The van der Waals surface area contributed by atoms with Crippen molar-refractivity contribution in [1.29, 1.82) is 0 Å². The zero-order valence-electron chi connectivity index (χ0n) is 13.9. The highest BCUT2D eigenvalue weighted by molar-refractivity contribution is 5.97. The predicted molar refractivity (Wildman–Crippen MR) is 84.9 cm³/mol. The molecular formula is C17H20F3N3O. The maximum atomic E-state index is 13.2. The predicted octanol–water partition coefficient (Wildman–Crippen LogP) is 4.26. The number of halogens is 3. The average Bonchev–Trinajstić information content (AvgIpc) is 3.08. The molecule has 1 aromatic heterocycles. The van der Waals surface area contributed by atoms with Gasteiger partial charge in [0.1, 0.15) is 0 Å². The summed E-state index contributed by atoms with van der Waals surface area (Å²) in [6, 6.07) is 4.40. The van der Waals surface area contributed by atoms with Gasteiger partial charge in [-0.15, -0.1) is 0 Å². The van der Waals surface area contributed by atoms with Crippen LogP contribution in [0.15, 0.2) is 18.2 Å². The van der Waals surface area contributed by atoms with Gasteiger partial charge >= 0.3 is 6.18 Å². The van der Waals surface area contributed by atoms with Crippen molar-refractivity contribution in [1.82, 2.24) is 14.5 Å². The zero-order chi connectivity index (χ0) is 17.6. The van der Waals surface area contributed by atoms with E-state index in [1.165, 1.54) is 10.6 Å². The van der Waals surface area contributed by atoms with Gasteiger partial charge in [-0.3, -0.25) is 4.79 Å². The third kappa shape index (κ3) is 2.76. The fourth-order valence-electron chi connectivity index (χ4n) is 3.36. The van der Waals surface area contributed by atoms with E-state index in [9.17, 15) is 18.0 Å². The van der Waals surface area contributed by atoms with Gasteiger partial charge < -0.3 is 9.47 Å². The van der Waals surface area contributed by atoms with Crippen LogP contribution in [0, 0.1) is 0 Å². The maximum absolute atomic E-state index is 13.2. The van der Waals surface area contributed by atoms with E-state index in [1.807, 2.05) is 6.92 Å². The molecule has 1 saturated heterocycles.